The van der Waals surface area contributed by atoms with Gasteiger partial charge in [-0.3, -0.25) is 0 Å². The summed E-state index contributed by atoms with van der Waals surface area (Å²) in [5.74, 6) is 1.50. The first-order chi connectivity index (χ1) is 11.7. The van der Waals surface area contributed by atoms with Crippen LogP contribution in [0.2, 0.25) is 0 Å². The van der Waals surface area contributed by atoms with Gasteiger partial charge in [-0.25, -0.2) is 4.79 Å². The zero-order chi connectivity index (χ0) is 16.9. The van der Waals surface area contributed by atoms with E-state index in [1.165, 1.54) is 0 Å². The minimum atomic E-state index is -0.168. The lowest BCUT2D eigenvalue weighted by molar-refractivity contribution is 0.185. The average molecular weight is 326 g/mol. The maximum Gasteiger partial charge on any atom is 0.322 e. The van der Waals surface area contributed by atoms with Gasteiger partial charge in [-0.15, -0.1) is 0 Å². The highest BCUT2D eigenvalue weighted by Gasteiger charge is 2.32. The number of aliphatic hydroxyl groups excluding tert-OH is 1. The number of rotatable bonds is 6. The quantitative estimate of drug-likeness (QED) is 0.849. The molecule has 0 spiro atoms. The first-order valence-corrected chi connectivity index (χ1v) is 8.19. The smallest absolute Gasteiger partial charge is 0.322 e. The third kappa shape index (κ3) is 4.26. The SMILES string of the molecule is Cc1cccc(Oc2ccc(NC(=O)N(CCO)C3CC3)cc2)c1. The Hall–Kier alpha value is -2.53. The molecule has 0 saturated heterocycles. The Balaban J connectivity index is 1.60. The van der Waals surface area contributed by atoms with Crippen LogP contribution in [0, 0.1) is 6.92 Å². The van der Waals surface area contributed by atoms with Gasteiger partial charge in [0.15, 0.2) is 0 Å². The predicted molar refractivity (Wildman–Crippen MR) is 93.5 cm³/mol. The highest BCUT2D eigenvalue weighted by molar-refractivity contribution is 5.89. The number of hydrogen-bond donors (Lipinski definition) is 2. The number of nitrogens with one attached hydrogen (secondary N) is 1. The molecule has 0 aromatic heterocycles. The fourth-order valence-corrected chi connectivity index (χ4v) is 2.56. The van der Waals surface area contributed by atoms with Gasteiger partial charge in [0, 0.05) is 18.3 Å². The molecule has 0 aliphatic heterocycles. The lowest BCUT2D eigenvalue weighted by Crippen LogP contribution is -2.38. The summed E-state index contributed by atoms with van der Waals surface area (Å²) < 4.78 is 5.80. The standard InChI is InChI=1S/C19H22N2O3/c1-14-3-2-4-18(13-14)24-17-9-5-15(6-10-17)20-19(23)21(11-12-22)16-7-8-16/h2-6,9-10,13,16,22H,7-8,11-12H2,1H3,(H,20,23). The number of amides is 2. The molecule has 126 valence electrons. The van der Waals surface area contributed by atoms with Crippen LogP contribution in [-0.2, 0) is 0 Å². The van der Waals surface area contributed by atoms with E-state index in [1.807, 2.05) is 55.5 Å². The Labute approximate surface area is 141 Å². The normalized spacial score (nSPS) is 13.4. The van der Waals surface area contributed by atoms with Crippen LogP contribution in [0.15, 0.2) is 48.5 Å². The van der Waals surface area contributed by atoms with Gasteiger partial charge >= 0.3 is 6.03 Å². The summed E-state index contributed by atoms with van der Waals surface area (Å²) in [7, 11) is 0. The summed E-state index contributed by atoms with van der Waals surface area (Å²) in [5, 5.41) is 12.0. The molecule has 1 aliphatic carbocycles. The maximum atomic E-state index is 12.3. The first kappa shape index (κ1) is 16.3. The van der Waals surface area contributed by atoms with Crippen LogP contribution in [0.4, 0.5) is 10.5 Å². The Morgan fingerprint density at radius 1 is 1.21 bits per heavy atom. The van der Waals surface area contributed by atoms with Gasteiger partial charge in [0.1, 0.15) is 11.5 Å². The van der Waals surface area contributed by atoms with E-state index in [4.69, 9.17) is 9.84 Å². The van der Waals surface area contributed by atoms with Crippen LogP contribution < -0.4 is 10.1 Å². The van der Waals surface area contributed by atoms with E-state index in [-0.39, 0.29) is 18.7 Å². The highest BCUT2D eigenvalue weighted by atomic mass is 16.5. The lowest BCUT2D eigenvalue weighted by atomic mass is 10.2. The molecular formula is C19H22N2O3. The third-order valence-electron chi connectivity index (χ3n) is 3.92. The second-order valence-electron chi connectivity index (χ2n) is 6.02. The van der Waals surface area contributed by atoms with Crippen LogP contribution in [0.25, 0.3) is 0 Å². The predicted octanol–water partition coefficient (Wildman–Crippen LogP) is 3.78. The van der Waals surface area contributed by atoms with E-state index in [9.17, 15) is 4.79 Å². The molecule has 0 atom stereocenters. The van der Waals surface area contributed by atoms with Gasteiger partial charge in [0.2, 0.25) is 0 Å². The summed E-state index contributed by atoms with van der Waals surface area (Å²) in [6, 6.07) is 15.2. The zero-order valence-electron chi connectivity index (χ0n) is 13.7. The molecule has 3 rings (SSSR count). The largest absolute Gasteiger partial charge is 0.457 e. The molecule has 5 heteroatoms. The molecule has 0 heterocycles. The molecule has 2 aromatic carbocycles. The van der Waals surface area contributed by atoms with E-state index >= 15 is 0 Å². The Morgan fingerprint density at radius 3 is 2.58 bits per heavy atom. The van der Waals surface area contributed by atoms with Crippen LogP contribution in [-0.4, -0.2) is 35.2 Å². The molecule has 2 N–H and O–H groups in total. The molecular weight excluding hydrogens is 304 g/mol. The number of benzene rings is 2. The number of ether oxygens (including phenoxy) is 1. The van der Waals surface area contributed by atoms with Crippen molar-refractivity contribution in [2.24, 2.45) is 0 Å². The van der Waals surface area contributed by atoms with Crippen molar-refractivity contribution >= 4 is 11.7 Å². The summed E-state index contributed by atoms with van der Waals surface area (Å²) in [4.78, 5) is 14.0. The Morgan fingerprint density at radius 2 is 1.96 bits per heavy atom. The van der Waals surface area contributed by atoms with Crippen molar-refractivity contribution < 1.29 is 14.6 Å². The number of hydrogen-bond acceptors (Lipinski definition) is 3. The van der Waals surface area contributed by atoms with Gasteiger partial charge in [-0.05, 0) is 61.7 Å². The van der Waals surface area contributed by atoms with Crippen molar-refractivity contribution in [2.75, 3.05) is 18.5 Å². The second kappa shape index (κ2) is 7.36. The van der Waals surface area contributed by atoms with Crippen LogP contribution in [0.1, 0.15) is 18.4 Å². The molecule has 1 aliphatic rings. The van der Waals surface area contributed by atoms with Crippen LogP contribution in [0.3, 0.4) is 0 Å². The first-order valence-electron chi connectivity index (χ1n) is 8.19. The zero-order valence-corrected chi connectivity index (χ0v) is 13.7. The maximum absolute atomic E-state index is 12.3. The summed E-state index contributed by atoms with van der Waals surface area (Å²) in [6.45, 7) is 2.36. The summed E-state index contributed by atoms with van der Waals surface area (Å²) in [5.41, 5.74) is 1.85. The number of aryl methyl sites for hydroxylation is 1. The van der Waals surface area contributed by atoms with Gasteiger partial charge in [0.05, 0.1) is 6.61 Å². The van der Waals surface area contributed by atoms with Crippen molar-refractivity contribution in [3.8, 4) is 11.5 Å². The number of anilines is 1. The fourth-order valence-electron chi connectivity index (χ4n) is 2.56. The highest BCUT2D eigenvalue weighted by Crippen LogP contribution is 2.28. The van der Waals surface area contributed by atoms with E-state index < -0.39 is 0 Å². The minimum Gasteiger partial charge on any atom is -0.457 e. The molecule has 5 nitrogen and oxygen atoms in total. The molecule has 0 radical (unpaired) electrons. The van der Waals surface area contributed by atoms with E-state index in [0.29, 0.717) is 18.0 Å². The number of urea groups is 1. The number of carbonyl (C=O) groups excluding carboxylic acids is 1. The Kier molecular flexibility index (Phi) is 5.01. The van der Waals surface area contributed by atoms with Crippen molar-refractivity contribution in [3.05, 3.63) is 54.1 Å². The minimum absolute atomic E-state index is 0.0206. The van der Waals surface area contributed by atoms with Gasteiger partial charge < -0.3 is 20.1 Å². The lowest BCUT2D eigenvalue weighted by Gasteiger charge is -2.21. The van der Waals surface area contributed by atoms with Crippen molar-refractivity contribution in [3.63, 3.8) is 0 Å². The monoisotopic (exact) mass is 326 g/mol. The molecule has 2 amide bonds. The van der Waals surface area contributed by atoms with Gasteiger partial charge in [-0.1, -0.05) is 12.1 Å². The van der Waals surface area contributed by atoms with Crippen molar-refractivity contribution in [1.82, 2.24) is 4.90 Å². The molecule has 1 fully saturated rings. The van der Waals surface area contributed by atoms with Crippen LogP contribution in [0.5, 0.6) is 11.5 Å². The Bertz CT molecular complexity index is 696. The third-order valence-corrected chi connectivity index (χ3v) is 3.92. The molecule has 2 aromatic rings. The van der Waals surface area contributed by atoms with E-state index in [0.717, 1.165) is 24.2 Å². The average Bonchev–Trinajstić information content (AvgIpc) is 3.39. The second-order valence-corrected chi connectivity index (χ2v) is 6.02. The molecule has 0 bridgehead atoms. The summed E-state index contributed by atoms with van der Waals surface area (Å²) in [6.07, 6.45) is 2.02. The summed E-state index contributed by atoms with van der Waals surface area (Å²) >= 11 is 0. The topological polar surface area (TPSA) is 61.8 Å². The van der Waals surface area contributed by atoms with E-state index in [1.54, 1.807) is 4.90 Å². The van der Waals surface area contributed by atoms with Crippen molar-refractivity contribution in [2.45, 2.75) is 25.8 Å². The molecule has 1 saturated carbocycles. The van der Waals surface area contributed by atoms with Gasteiger partial charge in [-0.2, -0.15) is 0 Å². The van der Waals surface area contributed by atoms with Gasteiger partial charge in [0.25, 0.3) is 0 Å². The number of aliphatic hydroxyl groups is 1. The number of carbonyl (C=O) groups is 1. The van der Waals surface area contributed by atoms with Crippen LogP contribution >= 0.6 is 0 Å². The fraction of sp³-hybridized carbons (Fsp3) is 0.316. The molecule has 24 heavy (non-hydrogen) atoms. The van der Waals surface area contributed by atoms with Crippen molar-refractivity contribution in [1.29, 1.82) is 0 Å². The molecule has 0 unspecified atom stereocenters. The van der Waals surface area contributed by atoms with E-state index in [2.05, 4.69) is 5.32 Å². The number of nitrogens with zero attached hydrogens (tertiary/aromatic N) is 1.